The summed E-state index contributed by atoms with van der Waals surface area (Å²) >= 11 is 5.99. The summed E-state index contributed by atoms with van der Waals surface area (Å²) in [6.45, 7) is 7.09. The maximum atomic E-state index is 6.31. The molecule has 1 unspecified atom stereocenters. The summed E-state index contributed by atoms with van der Waals surface area (Å²) < 4.78 is 2.24. The standard InChI is InChI=1S/C19H22ClN3/c1-4-16(21)19-22-17-9-12(2)13(3)10-18(17)23(19)11-14-5-7-15(20)8-6-14/h5-10,16H,4,11,21H2,1-3H3. The van der Waals surface area contributed by atoms with Crippen LogP contribution < -0.4 is 5.73 Å². The van der Waals surface area contributed by atoms with Crippen LogP contribution in [0.15, 0.2) is 36.4 Å². The van der Waals surface area contributed by atoms with Crippen LogP contribution in [0.4, 0.5) is 0 Å². The summed E-state index contributed by atoms with van der Waals surface area (Å²) in [5.41, 5.74) is 12.2. The number of hydrogen-bond acceptors (Lipinski definition) is 2. The second-order valence-corrected chi connectivity index (χ2v) is 6.56. The highest BCUT2D eigenvalue weighted by atomic mass is 35.5. The van der Waals surface area contributed by atoms with E-state index in [2.05, 4.69) is 49.6 Å². The molecule has 2 aromatic carbocycles. The van der Waals surface area contributed by atoms with E-state index in [1.165, 1.54) is 16.7 Å². The Morgan fingerprint density at radius 2 is 1.78 bits per heavy atom. The van der Waals surface area contributed by atoms with Gasteiger partial charge in [-0.25, -0.2) is 4.98 Å². The Hall–Kier alpha value is -1.84. The maximum absolute atomic E-state index is 6.31. The van der Waals surface area contributed by atoms with Crippen LogP contribution >= 0.6 is 11.6 Å². The lowest BCUT2D eigenvalue weighted by molar-refractivity contribution is 0.605. The fourth-order valence-corrected chi connectivity index (χ4v) is 2.93. The summed E-state index contributed by atoms with van der Waals surface area (Å²) in [4.78, 5) is 4.81. The quantitative estimate of drug-likeness (QED) is 0.750. The van der Waals surface area contributed by atoms with E-state index < -0.39 is 0 Å². The third-order valence-electron chi connectivity index (χ3n) is 4.42. The Bertz CT molecular complexity index is 834. The van der Waals surface area contributed by atoms with Gasteiger partial charge in [0.2, 0.25) is 0 Å². The maximum Gasteiger partial charge on any atom is 0.127 e. The minimum atomic E-state index is -0.0599. The summed E-state index contributed by atoms with van der Waals surface area (Å²) in [5, 5.41) is 0.751. The van der Waals surface area contributed by atoms with E-state index in [0.29, 0.717) is 0 Å². The third-order valence-corrected chi connectivity index (χ3v) is 4.67. The normalized spacial score (nSPS) is 12.7. The molecule has 0 aliphatic carbocycles. The SMILES string of the molecule is CCC(N)c1nc2cc(C)c(C)cc2n1Cc1ccc(Cl)cc1. The Morgan fingerprint density at radius 3 is 2.43 bits per heavy atom. The first kappa shape index (κ1) is 16.0. The van der Waals surface area contributed by atoms with Gasteiger partial charge in [-0.05, 0) is 61.2 Å². The number of aromatic nitrogens is 2. The van der Waals surface area contributed by atoms with Gasteiger partial charge in [-0.1, -0.05) is 30.7 Å². The summed E-state index contributed by atoms with van der Waals surface area (Å²) in [6, 6.07) is 12.2. The van der Waals surface area contributed by atoms with Crippen molar-refractivity contribution in [3.63, 3.8) is 0 Å². The van der Waals surface area contributed by atoms with E-state index in [0.717, 1.165) is 34.8 Å². The molecule has 4 heteroatoms. The first-order valence-corrected chi connectivity index (χ1v) is 8.34. The highest BCUT2D eigenvalue weighted by molar-refractivity contribution is 6.30. The number of nitrogens with zero attached hydrogens (tertiary/aromatic N) is 2. The second-order valence-electron chi connectivity index (χ2n) is 6.12. The molecule has 0 bridgehead atoms. The van der Waals surface area contributed by atoms with Crippen molar-refractivity contribution in [1.82, 2.24) is 9.55 Å². The molecule has 0 amide bonds. The monoisotopic (exact) mass is 327 g/mol. The topological polar surface area (TPSA) is 43.8 Å². The first-order chi connectivity index (χ1) is 11.0. The first-order valence-electron chi connectivity index (χ1n) is 7.97. The van der Waals surface area contributed by atoms with Gasteiger partial charge in [0, 0.05) is 11.6 Å². The van der Waals surface area contributed by atoms with Crippen LogP contribution in [0.3, 0.4) is 0 Å². The zero-order chi connectivity index (χ0) is 16.6. The van der Waals surface area contributed by atoms with E-state index in [-0.39, 0.29) is 6.04 Å². The number of rotatable bonds is 4. The molecule has 23 heavy (non-hydrogen) atoms. The van der Waals surface area contributed by atoms with Crippen LogP contribution in [0.25, 0.3) is 11.0 Å². The molecule has 0 spiro atoms. The zero-order valence-corrected chi connectivity index (χ0v) is 14.6. The summed E-state index contributed by atoms with van der Waals surface area (Å²) in [5.74, 6) is 0.947. The largest absolute Gasteiger partial charge is 0.322 e. The van der Waals surface area contributed by atoms with Gasteiger partial charge >= 0.3 is 0 Å². The molecular weight excluding hydrogens is 306 g/mol. The molecule has 3 nitrogen and oxygen atoms in total. The van der Waals surface area contributed by atoms with Crippen molar-refractivity contribution in [2.24, 2.45) is 5.73 Å². The van der Waals surface area contributed by atoms with Gasteiger partial charge in [-0.15, -0.1) is 0 Å². The molecule has 3 rings (SSSR count). The number of imidazole rings is 1. The minimum Gasteiger partial charge on any atom is -0.322 e. The predicted molar refractivity (Wildman–Crippen MR) is 97.0 cm³/mol. The van der Waals surface area contributed by atoms with Crippen LogP contribution in [0.1, 0.15) is 41.9 Å². The van der Waals surface area contributed by atoms with Gasteiger partial charge in [0.1, 0.15) is 5.82 Å². The van der Waals surface area contributed by atoms with E-state index in [1.54, 1.807) is 0 Å². The predicted octanol–water partition coefficient (Wildman–Crippen LogP) is 4.76. The van der Waals surface area contributed by atoms with Gasteiger partial charge in [0.05, 0.1) is 17.1 Å². The van der Waals surface area contributed by atoms with Gasteiger partial charge < -0.3 is 10.3 Å². The molecule has 0 saturated heterocycles. The van der Waals surface area contributed by atoms with Crippen LogP contribution in [0.2, 0.25) is 5.02 Å². The second kappa shape index (κ2) is 6.34. The Morgan fingerprint density at radius 1 is 1.13 bits per heavy atom. The van der Waals surface area contributed by atoms with Crippen LogP contribution in [-0.4, -0.2) is 9.55 Å². The van der Waals surface area contributed by atoms with Crippen LogP contribution in [-0.2, 0) is 6.54 Å². The fraction of sp³-hybridized carbons (Fsp3) is 0.316. The molecule has 0 radical (unpaired) electrons. The van der Waals surface area contributed by atoms with E-state index in [4.69, 9.17) is 22.3 Å². The zero-order valence-electron chi connectivity index (χ0n) is 13.8. The van der Waals surface area contributed by atoms with Gasteiger partial charge in [0.25, 0.3) is 0 Å². The third kappa shape index (κ3) is 3.12. The lowest BCUT2D eigenvalue weighted by atomic mass is 10.1. The van der Waals surface area contributed by atoms with Gasteiger partial charge in [0.15, 0.2) is 0 Å². The van der Waals surface area contributed by atoms with Gasteiger partial charge in [-0.2, -0.15) is 0 Å². The Labute approximate surface area is 142 Å². The number of halogens is 1. The lowest BCUT2D eigenvalue weighted by Crippen LogP contribution is -2.16. The van der Waals surface area contributed by atoms with E-state index >= 15 is 0 Å². The highest BCUT2D eigenvalue weighted by Gasteiger charge is 2.17. The molecule has 0 saturated carbocycles. The van der Waals surface area contributed by atoms with Crippen molar-refractivity contribution in [3.05, 3.63) is 63.9 Å². The van der Waals surface area contributed by atoms with Crippen molar-refractivity contribution in [2.75, 3.05) is 0 Å². The number of fused-ring (bicyclic) bond motifs is 1. The van der Waals surface area contributed by atoms with Crippen molar-refractivity contribution in [3.8, 4) is 0 Å². The average molecular weight is 328 g/mol. The summed E-state index contributed by atoms with van der Waals surface area (Å²) in [7, 11) is 0. The molecule has 2 N–H and O–H groups in total. The van der Waals surface area contributed by atoms with Crippen molar-refractivity contribution in [1.29, 1.82) is 0 Å². The Kier molecular flexibility index (Phi) is 4.42. The van der Waals surface area contributed by atoms with Crippen molar-refractivity contribution in [2.45, 2.75) is 39.8 Å². The molecule has 1 aromatic heterocycles. The molecule has 120 valence electrons. The number of benzene rings is 2. The van der Waals surface area contributed by atoms with Crippen LogP contribution in [0.5, 0.6) is 0 Å². The lowest BCUT2D eigenvalue weighted by Gasteiger charge is -2.14. The van der Waals surface area contributed by atoms with E-state index in [9.17, 15) is 0 Å². The molecule has 0 aliphatic rings. The van der Waals surface area contributed by atoms with E-state index in [1.807, 2.05) is 12.1 Å². The molecular formula is C19H22ClN3. The molecule has 3 aromatic rings. The number of hydrogen-bond donors (Lipinski definition) is 1. The minimum absolute atomic E-state index is 0.0599. The highest BCUT2D eigenvalue weighted by Crippen LogP contribution is 2.25. The average Bonchev–Trinajstić information content (AvgIpc) is 2.87. The fourth-order valence-electron chi connectivity index (χ4n) is 2.80. The van der Waals surface area contributed by atoms with Crippen molar-refractivity contribution >= 4 is 22.6 Å². The molecule has 1 atom stereocenters. The smallest absolute Gasteiger partial charge is 0.127 e. The number of nitrogens with two attached hydrogens (primary N) is 1. The van der Waals surface area contributed by atoms with Crippen molar-refractivity contribution < 1.29 is 0 Å². The molecule has 0 aliphatic heterocycles. The van der Waals surface area contributed by atoms with Crippen LogP contribution in [0, 0.1) is 13.8 Å². The molecule has 1 heterocycles. The molecule has 0 fully saturated rings. The van der Waals surface area contributed by atoms with Gasteiger partial charge in [-0.3, -0.25) is 0 Å². The number of aryl methyl sites for hydroxylation is 2. The Balaban J connectivity index is 2.14. The summed E-state index contributed by atoms with van der Waals surface area (Å²) in [6.07, 6.45) is 0.863.